The summed E-state index contributed by atoms with van der Waals surface area (Å²) in [7, 11) is -10.0. The third-order valence-electron chi connectivity index (χ3n) is 19.2. The fraction of sp³-hybridized carbons (Fsp3) is 0.800. The van der Waals surface area contributed by atoms with Gasteiger partial charge in [-0.2, -0.15) is 0 Å². The Bertz CT molecular complexity index is 3100. The van der Waals surface area contributed by atoms with E-state index in [0.717, 1.165) is 81.6 Å². The molecule has 0 saturated heterocycles. The van der Waals surface area contributed by atoms with E-state index in [2.05, 4.69) is 179 Å². The lowest BCUT2D eigenvalue weighted by Crippen LogP contribution is -2.52. The Morgan fingerprint density at radius 2 is 0.594 bits per heavy atom. The Kier molecular flexibility index (Phi) is 67.8. The smallest absolute Gasteiger partial charge is 0.407 e. The molecule has 2 aliphatic rings. The van der Waals surface area contributed by atoms with E-state index in [1.807, 2.05) is 0 Å². The van der Waals surface area contributed by atoms with E-state index in [4.69, 9.17) is 79.0 Å². The van der Waals surface area contributed by atoms with Gasteiger partial charge in [-0.3, -0.25) is 0 Å². The van der Waals surface area contributed by atoms with Crippen molar-refractivity contribution in [1.29, 1.82) is 0 Å². The van der Waals surface area contributed by atoms with Crippen LogP contribution < -0.4 is 31.9 Å². The molecule has 2 saturated carbocycles. The molecule has 38 heteroatoms. The number of nitrogens with one attached hydrogen (secondary N) is 6. The van der Waals surface area contributed by atoms with Crippen LogP contribution in [0.4, 0.5) is 28.8 Å². The number of amides is 6. The third kappa shape index (κ3) is 67.4. The second kappa shape index (κ2) is 65.8. The molecule has 2 fully saturated rings. The highest BCUT2D eigenvalue weighted by Crippen LogP contribution is 2.47. The molecule has 0 radical (unpaired) electrons. The van der Waals surface area contributed by atoms with Crippen molar-refractivity contribution < 1.29 is 127 Å². The van der Waals surface area contributed by atoms with Gasteiger partial charge in [0.1, 0.15) is 66.1 Å². The van der Waals surface area contributed by atoms with Crippen LogP contribution in [0.15, 0.2) is 48.6 Å². The maximum absolute atomic E-state index is 12.8. The van der Waals surface area contributed by atoms with Crippen molar-refractivity contribution >= 4 is 102 Å². The minimum atomic E-state index is -2.36. The molecule has 0 heterocycles. The summed E-state index contributed by atoms with van der Waals surface area (Å²) in [6, 6.07) is 4.60. The van der Waals surface area contributed by atoms with Crippen molar-refractivity contribution in [2.45, 2.75) is 305 Å². The lowest BCUT2D eigenvalue weighted by molar-refractivity contribution is -0.140. The van der Waals surface area contributed by atoms with Gasteiger partial charge in [-0.1, -0.05) is 132 Å². The maximum atomic E-state index is 12.8. The minimum Gasteiger partial charge on any atom is -0.460 e. The maximum Gasteiger partial charge on any atom is 0.407 e. The molecule has 0 aromatic rings. The fourth-order valence-corrected chi connectivity index (χ4v) is 36.2. The first kappa shape index (κ1) is 132. The van der Waals surface area contributed by atoms with E-state index in [9.17, 15) is 47.9 Å². The van der Waals surface area contributed by atoms with Gasteiger partial charge in [0.15, 0.2) is 25.0 Å². The quantitative estimate of drug-likeness (QED) is 0.0108. The Balaban J connectivity index is -0.000000611. The van der Waals surface area contributed by atoms with Gasteiger partial charge in [-0.15, -0.1) is 0 Å². The monoisotopic (exact) mass is 1920 g/mol. The summed E-state index contributed by atoms with van der Waals surface area (Å²) in [5, 5.41) is 16.7. The molecule has 0 bridgehead atoms. The summed E-state index contributed by atoms with van der Waals surface area (Å²) >= 11 is 0. The molecule has 0 spiro atoms. The van der Waals surface area contributed by atoms with Gasteiger partial charge in [-0.05, 0) is 204 Å². The van der Waals surface area contributed by atoms with E-state index in [-0.39, 0.29) is 187 Å². The Labute approximate surface area is 777 Å². The zero-order chi connectivity index (χ0) is 92.7. The van der Waals surface area contributed by atoms with Crippen LogP contribution >= 0.6 is 0 Å². The van der Waals surface area contributed by atoms with Crippen molar-refractivity contribution in [3.63, 3.8) is 0 Å². The SMILES string of the molecule is C.C.C.C.C.C.C=C(C)C(=O)OCCNC(=O)OCCOCCC[Si](C)(C)O[Si](C)(C)O[Si](C)(C)CCCOCCOC(=O)NCCOC(=O)C(=C)C.C=C(C)C(=O)OCCOC(=O)NCC1(C)CC(NC(=O)OCCOCCC[Si](C)(C)CC(C)(C)O[Si](C)(C)CCCOCCOC(=O)NC2CC(C)(C)CC(C)(CNC(=O)OCCOC(=O)C(=C)C)C2)CC(C)(C)C1. The predicted octanol–water partition coefficient (Wildman–Crippen LogP) is 18.3. The second-order valence-corrected chi connectivity index (χ2v) is 59.7. The van der Waals surface area contributed by atoms with E-state index < -0.39 is 102 Å². The highest BCUT2D eigenvalue weighted by Gasteiger charge is 2.45. The summed E-state index contributed by atoms with van der Waals surface area (Å²) in [5.74, 6) is -2.07. The average molecular weight is 1920 g/mol. The third-order valence-corrected chi connectivity index (χ3v) is 36.9. The number of alkyl carbamates (subject to hydrolysis) is 6. The second-order valence-electron chi connectivity index (χ2n) is 37.8. The number of ether oxygens (including phenoxy) is 14. The van der Waals surface area contributed by atoms with Crippen molar-refractivity contribution in [2.75, 3.05) is 145 Å². The molecule has 4 unspecified atom stereocenters. The van der Waals surface area contributed by atoms with E-state index >= 15 is 0 Å². The molecule has 2 aliphatic carbocycles. The molecule has 2 rings (SSSR count). The molecule has 33 nitrogen and oxygen atoms in total. The molecular formula is C90H180N6O27Si5. The van der Waals surface area contributed by atoms with Gasteiger partial charge in [0.05, 0.1) is 47.6 Å². The molecule has 752 valence electrons. The number of esters is 4. The minimum absolute atomic E-state index is 0. The summed E-state index contributed by atoms with van der Waals surface area (Å²) in [6.45, 7) is 64.4. The average Bonchev–Trinajstić information content (AvgIpc) is 0.800. The zero-order valence-corrected chi connectivity index (χ0v) is 83.2. The lowest BCUT2D eigenvalue weighted by atomic mass is 9.62. The number of carbonyl (C=O) groups excluding carboxylic acids is 10. The van der Waals surface area contributed by atoms with Gasteiger partial charge in [0.2, 0.25) is 0 Å². The van der Waals surface area contributed by atoms with Crippen molar-refractivity contribution in [1.82, 2.24) is 31.9 Å². The van der Waals surface area contributed by atoms with Crippen molar-refractivity contribution in [2.24, 2.45) is 21.7 Å². The largest absolute Gasteiger partial charge is 0.460 e. The van der Waals surface area contributed by atoms with Crippen LogP contribution in [0.25, 0.3) is 0 Å². The van der Waals surface area contributed by atoms with Crippen LogP contribution in [0.5, 0.6) is 0 Å². The highest BCUT2D eigenvalue weighted by molar-refractivity contribution is 6.87. The number of hydrogen-bond acceptors (Lipinski definition) is 27. The van der Waals surface area contributed by atoms with E-state index in [1.54, 1.807) is 27.7 Å². The summed E-state index contributed by atoms with van der Waals surface area (Å²) < 4.78 is 94.2. The predicted molar refractivity (Wildman–Crippen MR) is 519 cm³/mol. The Morgan fingerprint density at radius 3 is 0.898 bits per heavy atom. The standard InChI is InChI=1S/C54H98N4O15Si2.C30H58N2O12Si3.6CH4/c1-40(2)44(59)67-25-27-69-46(61)55-37-53(11)33-42(31-50(5,6)35-53)57-48(63)71-23-21-65-19-17-29-74(13,14)39-52(9,10)73-75(15,16)30-18-20-66-22-24-72-49(64)58-43-32-51(7,8)36-54(12,34-43)38-56-47(62)70-28-26-68-45(60)41(3)4;1-25(2)27(33)39-17-13-31-29(35)41-21-19-37-15-11-23-45(5,6)43-47(9,10)44-46(7,8)24-12-16-38-20-22-42-30(36)32-14-18-40-28(34)26(3)4;;;;;;/h42-43H,1,3,17-39H2,2,4-16H3,(H,55,61)(H,56,62)(H,57,63)(H,58,64);1,3,11-24H2,2,4-10H3,(H,31,35)(H,32,36);6*1H4. The molecule has 4 atom stereocenters. The molecule has 6 amide bonds. The van der Waals surface area contributed by atoms with Crippen LogP contribution in [0, 0.1) is 21.7 Å². The molecule has 6 N–H and O–H groups in total. The fourth-order valence-electron chi connectivity index (χ4n) is 15.7. The normalized spacial score (nSPS) is 16.8. The Morgan fingerprint density at radius 1 is 0.336 bits per heavy atom. The van der Waals surface area contributed by atoms with Gasteiger partial charge < -0.3 is 111 Å². The number of hydrogen-bond donors (Lipinski definition) is 6. The lowest BCUT2D eigenvalue weighted by Gasteiger charge is -2.46. The highest BCUT2D eigenvalue weighted by atomic mass is 28.5. The van der Waals surface area contributed by atoms with Gasteiger partial charge >= 0.3 is 69.0 Å². The van der Waals surface area contributed by atoms with Crippen molar-refractivity contribution in [3.8, 4) is 0 Å². The first-order chi connectivity index (χ1) is 56.5. The molecule has 0 aromatic heterocycles. The molecule has 128 heavy (non-hydrogen) atoms. The number of rotatable bonds is 58. The van der Waals surface area contributed by atoms with Crippen LogP contribution in [-0.2, 0) is 98.2 Å². The zero-order valence-electron chi connectivity index (χ0n) is 78.2. The van der Waals surface area contributed by atoms with Crippen LogP contribution in [0.3, 0.4) is 0 Å². The van der Waals surface area contributed by atoms with Crippen LogP contribution in [0.2, 0.25) is 95.7 Å². The van der Waals surface area contributed by atoms with Gasteiger partial charge in [0, 0.05) is 79.5 Å². The first-order valence-corrected chi connectivity index (χ1v) is 58.3. The van der Waals surface area contributed by atoms with E-state index in [0.29, 0.717) is 76.7 Å². The van der Waals surface area contributed by atoms with Crippen LogP contribution in [-0.4, -0.2) is 265 Å². The molecule has 0 aromatic carbocycles. The van der Waals surface area contributed by atoms with E-state index in [1.165, 1.54) is 0 Å². The number of carbonyl (C=O) groups is 10. The van der Waals surface area contributed by atoms with Crippen LogP contribution in [0.1, 0.15) is 192 Å². The molecule has 0 aliphatic heterocycles. The summed E-state index contributed by atoms with van der Waals surface area (Å²) in [4.78, 5) is 119. The first-order valence-electron chi connectivity index (χ1n) is 42.7. The van der Waals surface area contributed by atoms with Crippen molar-refractivity contribution in [3.05, 3.63) is 48.6 Å². The Hall–Kier alpha value is -6.74. The summed E-state index contributed by atoms with van der Waals surface area (Å²) in [6.07, 6.45) is 4.62. The molecular weight excluding hydrogens is 1740 g/mol. The topological polar surface area (TPSA) is 400 Å². The van der Waals surface area contributed by atoms with Gasteiger partial charge in [-0.25, -0.2) is 47.9 Å². The summed E-state index contributed by atoms with van der Waals surface area (Å²) in [5.41, 5.74) is 0.139. The van der Waals surface area contributed by atoms with Gasteiger partial charge in [0.25, 0.3) is 0 Å².